The van der Waals surface area contributed by atoms with Gasteiger partial charge in [-0.05, 0) is 67.1 Å². The van der Waals surface area contributed by atoms with Gasteiger partial charge < -0.3 is 20.9 Å². The summed E-state index contributed by atoms with van der Waals surface area (Å²) in [6, 6.07) is 23.1. The summed E-state index contributed by atoms with van der Waals surface area (Å²) < 4.78 is 0. The number of carbonyl (C=O) groups excluding carboxylic acids is 2. The first-order valence-corrected chi connectivity index (χ1v) is 12.0. The molecule has 0 unspecified atom stereocenters. The maximum absolute atomic E-state index is 13.1. The minimum absolute atomic E-state index is 0.127. The zero-order valence-corrected chi connectivity index (χ0v) is 19.6. The SMILES string of the molecule is CCc1cccc(NC(=O)Nc2ccc(N3CCCC3)c(C(=O)NCCc3ccccc3)c2)c1. The molecule has 0 aromatic heterocycles. The molecule has 34 heavy (non-hydrogen) atoms. The predicted octanol–water partition coefficient (Wildman–Crippen LogP) is 5.47. The monoisotopic (exact) mass is 456 g/mol. The molecule has 0 aliphatic carbocycles. The fourth-order valence-electron chi connectivity index (χ4n) is 4.25. The van der Waals surface area contributed by atoms with E-state index < -0.39 is 0 Å². The van der Waals surface area contributed by atoms with E-state index in [1.165, 1.54) is 5.56 Å². The third-order valence-corrected chi connectivity index (χ3v) is 6.08. The number of benzene rings is 3. The number of nitrogens with one attached hydrogen (secondary N) is 3. The van der Waals surface area contributed by atoms with Gasteiger partial charge in [-0.25, -0.2) is 4.79 Å². The molecule has 3 aromatic rings. The van der Waals surface area contributed by atoms with Crippen LogP contribution in [0.5, 0.6) is 0 Å². The number of nitrogens with zero attached hydrogens (tertiary/aromatic N) is 1. The van der Waals surface area contributed by atoms with Crippen LogP contribution in [0.2, 0.25) is 0 Å². The zero-order valence-electron chi connectivity index (χ0n) is 19.6. The molecule has 1 fully saturated rings. The lowest BCUT2D eigenvalue weighted by molar-refractivity contribution is 0.0954. The minimum atomic E-state index is -0.336. The molecule has 0 saturated carbocycles. The van der Waals surface area contributed by atoms with Gasteiger partial charge in [-0.15, -0.1) is 0 Å². The summed E-state index contributed by atoms with van der Waals surface area (Å²) in [4.78, 5) is 28.0. The second kappa shape index (κ2) is 11.4. The second-order valence-corrected chi connectivity index (χ2v) is 8.55. The maximum atomic E-state index is 13.1. The van der Waals surface area contributed by atoms with Gasteiger partial charge >= 0.3 is 6.03 Å². The lowest BCUT2D eigenvalue weighted by Gasteiger charge is -2.22. The zero-order chi connectivity index (χ0) is 23.8. The number of hydrogen-bond donors (Lipinski definition) is 3. The second-order valence-electron chi connectivity index (χ2n) is 8.55. The standard InChI is InChI=1S/C28H32N4O2/c1-2-21-11-8-12-23(19-21)30-28(34)31-24-13-14-26(32-17-6-7-18-32)25(20-24)27(33)29-16-15-22-9-4-3-5-10-22/h3-5,8-14,19-20H,2,6-7,15-18H2,1H3,(H,29,33)(H2,30,31,34). The number of aryl methyl sites for hydroxylation is 1. The first-order chi connectivity index (χ1) is 16.6. The van der Waals surface area contributed by atoms with Gasteiger partial charge in [0.1, 0.15) is 0 Å². The van der Waals surface area contributed by atoms with Gasteiger partial charge in [0.2, 0.25) is 0 Å². The third-order valence-electron chi connectivity index (χ3n) is 6.08. The number of rotatable bonds is 8. The average molecular weight is 457 g/mol. The van der Waals surface area contributed by atoms with Gasteiger partial charge in [0.15, 0.2) is 0 Å². The van der Waals surface area contributed by atoms with Crippen molar-refractivity contribution in [3.8, 4) is 0 Å². The van der Waals surface area contributed by atoms with Gasteiger partial charge in [-0.3, -0.25) is 4.79 Å². The van der Waals surface area contributed by atoms with Crippen LogP contribution in [0.15, 0.2) is 72.8 Å². The number of hydrogen-bond acceptors (Lipinski definition) is 3. The summed E-state index contributed by atoms with van der Waals surface area (Å²) in [6.45, 7) is 4.50. The third kappa shape index (κ3) is 6.16. The molecule has 6 nitrogen and oxygen atoms in total. The van der Waals surface area contributed by atoms with E-state index in [9.17, 15) is 9.59 Å². The van der Waals surface area contributed by atoms with Crippen LogP contribution in [0.3, 0.4) is 0 Å². The molecule has 0 radical (unpaired) electrons. The Kier molecular flexibility index (Phi) is 7.81. The van der Waals surface area contributed by atoms with Gasteiger partial charge in [0.25, 0.3) is 5.91 Å². The van der Waals surface area contributed by atoms with Crippen molar-refractivity contribution in [2.24, 2.45) is 0 Å². The molecule has 1 saturated heterocycles. The summed E-state index contributed by atoms with van der Waals surface area (Å²) in [6.07, 6.45) is 3.91. The lowest BCUT2D eigenvalue weighted by atomic mass is 10.1. The highest BCUT2D eigenvalue weighted by Crippen LogP contribution is 2.28. The van der Waals surface area contributed by atoms with Crippen molar-refractivity contribution < 1.29 is 9.59 Å². The van der Waals surface area contributed by atoms with Crippen LogP contribution < -0.4 is 20.9 Å². The normalized spacial score (nSPS) is 12.9. The highest BCUT2D eigenvalue weighted by atomic mass is 16.2. The number of carbonyl (C=O) groups is 2. The molecule has 1 heterocycles. The van der Waals surface area contributed by atoms with Crippen molar-refractivity contribution >= 4 is 29.0 Å². The first kappa shape index (κ1) is 23.4. The lowest BCUT2D eigenvalue weighted by Crippen LogP contribution is -2.29. The summed E-state index contributed by atoms with van der Waals surface area (Å²) in [7, 11) is 0. The predicted molar refractivity (Wildman–Crippen MR) is 139 cm³/mol. The van der Waals surface area contributed by atoms with Crippen LogP contribution in [0.1, 0.15) is 41.3 Å². The Morgan fingerprint density at radius 3 is 2.26 bits per heavy atom. The molecular weight excluding hydrogens is 424 g/mol. The van der Waals surface area contributed by atoms with Crippen molar-refractivity contribution in [1.82, 2.24) is 5.32 Å². The van der Waals surface area contributed by atoms with E-state index in [1.54, 1.807) is 6.07 Å². The maximum Gasteiger partial charge on any atom is 0.323 e. The molecule has 176 valence electrons. The van der Waals surface area contributed by atoms with E-state index in [4.69, 9.17) is 0 Å². The Bertz CT molecular complexity index is 1120. The van der Waals surface area contributed by atoms with Crippen LogP contribution in [-0.4, -0.2) is 31.6 Å². The molecule has 0 spiro atoms. The summed E-state index contributed by atoms with van der Waals surface area (Å²) >= 11 is 0. The van der Waals surface area contributed by atoms with E-state index in [0.29, 0.717) is 17.8 Å². The van der Waals surface area contributed by atoms with Crippen molar-refractivity contribution in [2.75, 3.05) is 35.2 Å². The molecule has 3 amide bonds. The number of urea groups is 1. The molecule has 3 N–H and O–H groups in total. The van der Waals surface area contributed by atoms with Gasteiger partial charge in [0, 0.05) is 36.7 Å². The minimum Gasteiger partial charge on any atom is -0.371 e. The van der Waals surface area contributed by atoms with Crippen LogP contribution in [0, 0.1) is 0 Å². The van der Waals surface area contributed by atoms with Crippen LogP contribution in [0.25, 0.3) is 0 Å². The van der Waals surface area contributed by atoms with Crippen LogP contribution >= 0.6 is 0 Å². The smallest absolute Gasteiger partial charge is 0.323 e. The van der Waals surface area contributed by atoms with Gasteiger partial charge in [-0.2, -0.15) is 0 Å². The highest BCUT2D eigenvalue weighted by molar-refractivity contribution is 6.04. The molecule has 6 heteroatoms. The molecule has 3 aromatic carbocycles. The van der Waals surface area contributed by atoms with E-state index >= 15 is 0 Å². The van der Waals surface area contributed by atoms with Crippen molar-refractivity contribution in [1.29, 1.82) is 0 Å². The first-order valence-electron chi connectivity index (χ1n) is 12.0. The number of anilines is 3. The van der Waals surface area contributed by atoms with Crippen LogP contribution in [-0.2, 0) is 12.8 Å². The summed E-state index contributed by atoms with van der Waals surface area (Å²) in [5, 5.41) is 8.80. The summed E-state index contributed by atoms with van der Waals surface area (Å²) in [5.41, 5.74) is 5.16. The van der Waals surface area contributed by atoms with Crippen molar-refractivity contribution in [3.05, 3.63) is 89.5 Å². The molecule has 0 atom stereocenters. The molecule has 1 aliphatic heterocycles. The number of amides is 3. The fraction of sp³-hybridized carbons (Fsp3) is 0.286. The Balaban J connectivity index is 1.46. The largest absolute Gasteiger partial charge is 0.371 e. The average Bonchev–Trinajstić information content (AvgIpc) is 3.39. The van der Waals surface area contributed by atoms with Crippen molar-refractivity contribution in [3.63, 3.8) is 0 Å². The summed E-state index contributed by atoms with van der Waals surface area (Å²) in [5.74, 6) is -0.127. The van der Waals surface area contributed by atoms with E-state index in [1.807, 2.05) is 54.6 Å². The Hall–Kier alpha value is -3.80. The molecular formula is C28H32N4O2. The topological polar surface area (TPSA) is 73.5 Å². The van der Waals surface area contributed by atoms with Gasteiger partial charge in [-0.1, -0.05) is 49.4 Å². The molecule has 1 aliphatic rings. The van der Waals surface area contributed by atoms with E-state index in [-0.39, 0.29) is 11.9 Å². The highest BCUT2D eigenvalue weighted by Gasteiger charge is 2.20. The van der Waals surface area contributed by atoms with Gasteiger partial charge in [0.05, 0.1) is 5.56 Å². The van der Waals surface area contributed by atoms with Crippen LogP contribution in [0.4, 0.5) is 21.9 Å². The molecule has 0 bridgehead atoms. The Labute approximate surface area is 201 Å². The Morgan fingerprint density at radius 1 is 0.824 bits per heavy atom. The fourth-order valence-corrected chi connectivity index (χ4v) is 4.25. The van der Waals surface area contributed by atoms with Crippen molar-refractivity contribution in [2.45, 2.75) is 32.6 Å². The Morgan fingerprint density at radius 2 is 1.53 bits per heavy atom. The van der Waals surface area contributed by atoms with E-state index in [0.717, 1.165) is 55.7 Å². The molecule has 4 rings (SSSR count). The quantitative estimate of drug-likeness (QED) is 0.421. The van der Waals surface area contributed by atoms with E-state index in [2.05, 4.69) is 39.9 Å².